The Balaban J connectivity index is 1.81. The summed E-state index contributed by atoms with van der Waals surface area (Å²) in [4.78, 5) is 24.3. The molecule has 0 bridgehead atoms. The highest BCUT2D eigenvalue weighted by Gasteiger charge is 2.30. The van der Waals surface area contributed by atoms with Crippen LogP contribution in [0.4, 0.5) is 4.79 Å². The van der Waals surface area contributed by atoms with Gasteiger partial charge in [0.25, 0.3) is 0 Å². The number of nitrogens with zero attached hydrogens (tertiary/aromatic N) is 1. The SMILES string of the molecule is C=C(CNC(=O)N1CCC(C(=O)O)C1)c1ccccc1. The summed E-state index contributed by atoms with van der Waals surface area (Å²) >= 11 is 0. The minimum Gasteiger partial charge on any atom is -0.481 e. The van der Waals surface area contributed by atoms with E-state index in [9.17, 15) is 9.59 Å². The van der Waals surface area contributed by atoms with Gasteiger partial charge in [-0.1, -0.05) is 36.9 Å². The predicted octanol–water partition coefficient (Wildman–Crippen LogP) is 1.82. The molecular formula is C15H18N2O3. The fourth-order valence-electron chi connectivity index (χ4n) is 2.22. The number of amides is 2. The normalized spacial score (nSPS) is 17.8. The van der Waals surface area contributed by atoms with Crippen molar-refractivity contribution < 1.29 is 14.7 Å². The smallest absolute Gasteiger partial charge is 0.317 e. The van der Waals surface area contributed by atoms with Crippen LogP contribution in [-0.2, 0) is 4.79 Å². The average Bonchev–Trinajstić information content (AvgIpc) is 2.95. The number of nitrogens with one attached hydrogen (secondary N) is 1. The molecule has 1 unspecified atom stereocenters. The predicted molar refractivity (Wildman–Crippen MR) is 76.2 cm³/mol. The number of aliphatic carboxylic acids is 1. The summed E-state index contributed by atoms with van der Waals surface area (Å²) in [5.41, 5.74) is 1.81. The van der Waals surface area contributed by atoms with Crippen LogP contribution >= 0.6 is 0 Å². The Morgan fingerprint density at radius 1 is 1.35 bits per heavy atom. The van der Waals surface area contributed by atoms with Crippen molar-refractivity contribution in [3.8, 4) is 0 Å². The van der Waals surface area contributed by atoms with Crippen LogP contribution in [0.15, 0.2) is 36.9 Å². The third-order valence-corrected chi connectivity index (χ3v) is 3.46. The van der Waals surface area contributed by atoms with Crippen molar-refractivity contribution in [1.29, 1.82) is 0 Å². The Morgan fingerprint density at radius 2 is 2.05 bits per heavy atom. The van der Waals surface area contributed by atoms with Crippen molar-refractivity contribution in [2.45, 2.75) is 6.42 Å². The maximum Gasteiger partial charge on any atom is 0.317 e. The first-order valence-electron chi connectivity index (χ1n) is 6.56. The van der Waals surface area contributed by atoms with Crippen LogP contribution in [0, 0.1) is 5.92 Å². The topological polar surface area (TPSA) is 69.6 Å². The molecule has 1 fully saturated rings. The van der Waals surface area contributed by atoms with Crippen LogP contribution in [0.2, 0.25) is 0 Å². The lowest BCUT2D eigenvalue weighted by Crippen LogP contribution is -2.39. The van der Waals surface area contributed by atoms with Gasteiger partial charge in [-0.3, -0.25) is 4.79 Å². The molecule has 1 saturated heterocycles. The van der Waals surface area contributed by atoms with E-state index >= 15 is 0 Å². The van der Waals surface area contributed by atoms with Crippen molar-refractivity contribution in [3.63, 3.8) is 0 Å². The second-order valence-corrected chi connectivity index (χ2v) is 4.90. The number of urea groups is 1. The number of carboxylic acids is 1. The summed E-state index contributed by atoms with van der Waals surface area (Å²) in [6.45, 7) is 5.06. The highest BCUT2D eigenvalue weighted by atomic mass is 16.4. The molecule has 1 heterocycles. The van der Waals surface area contributed by atoms with E-state index in [1.807, 2.05) is 30.3 Å². The average molecular weight is 274 g/mol. The van der Waals surface area contributed by atoms with Gasteiger partial charge in [0.15, 0.2) is 0 Å². The number of hydrogen-bond acceptors (Lipinski definition) is 2. The number of likely N-dealkylation sites (tertiary alicyclic amines) is 1. The van der Waals surface area contributed by atoms with Crippen molar-refractivity contribution in [2.75, 3.05) is 19.6 Å². The fourth-order valence-corrected chi connectivity index (χ4v) is 2.22. The quantitative estimate of drug-likeness (QED) is 0.879. The first-order valence-corrected chi connectivity index (χ1v) is 6.56. The number of carbonyl (C=O) groups excluding carboxylic acids is 1. The summed E-state index contributed by atoms with van der Waals surface area (Å²) in [6.07, 6.45) is 0.516. The lowest BCUT2D eigenvalue weighted by molar-refractivity contribution is -0.141. The summed E-state index contributed by atoms with van der Waals surface area (Å²) < 4.78 is 0. The molecular weight excluding hydrogens is 256 g/mol. The summed E-state index contributed by atoms with van der Waals surface area (Å²) in [6, 6.07) is 9.40. The minimum absolute atomic E-state index is 0.231. The fraction of sp³-hybridized carbons (Fsp3) is 0.333. The molecule has 0 saturated carbocycles. The Bertz CT molecular complexity index is 513. The standard InChI is InChI=1S/C15H18N2O3/c1-11(12-5-3-2-4-6-12)9-16-15(20)17-8-7-13(10-17)14(18)19/h2-6,13H,1,7-10H2,(H,16,20)(H,18,19). The van der Waals surface area contributed by atoms with Crippen LogP contribution in [0.1, 0.15) is 12.0 Å². The number of carboxylic acid groups (broad SMARTS) is 1. The van der Waals surface area contributed by atoms with Crippen LogP contribution in [0.25, 0.3) is 5.57 Å². The minimum atomic E-state index is -0.839. The molecule has 1 aliphatic rings. The van der Waals surface area contributed by atoms with Gasteiger partial charge in [0, 0.05) is 19.6 Å². The molecule has 20 heavy (non-hydrogen) atoms. The lowest BCUT2D eigenvalue weighted by Gasteiger charge is -2.17. The third-order valence-electron chi connectivity index (χ3n) is 3.46. The zero-order valence-corrected chi connectivity index (χ0v) is 11.2. The maximum atomic E-state index is 11.9. The van der Waals surface area contributed by atoms with E-state index in [0.29, 0.717) is 19.5 Å². The second kappa shape index (κ2) is 6.23. The van der Waals surface area contributed by atoms with E-state index in [1.54, 1.807) is 0 Å². The highest BCUT2D eigenvalue weighted by molar-refractivity contribution is 5.79. The van der Waals surface area contributed by atoms with E-state index in [1.165, 1.54) is 4.90 Å². The van der Waals surface area contributed by atoms with Gasteiger partial charge in [-0.15, -0.1) is 0 Å². The largest absolute Gasteiger partial charge is 0.481 e. The molecule has 2 N–H and O–H groups in total. The van der Waals surface area contributed by atoms with Gasteiger partial charge in [0.1, 0.15) is 0 Å². The molecule has 0 radical (unpaired) electrons. The lowest BCUT2D eigenvalue weighted by atomic mass is 10.1. The van der Waals surface area contributed by atoms with E-state index in [-0.39, 0.29) is 12.6 Å². The molecule has 0 spiro atoms. The molecule has 1 aromatic carbocycles. The zero-order chi connectivity index (χ0) is 14.5. The Kier molecular flexibility index (Phi) is 4.40. The van der Waals surface area contributed by atoms with Crippen LogP contribution in [-0.4, -0.2) is 41.6 Å². The Morgan fingerprint density at radius 3 is 2.65 bits per heavy atom. The van der Waals surface area contributed by atoms with E-state index in [2.05, 4.69) is 11.9 Å². The second-order valence-electron chi connectivity index (χ2n) is 4.90. The van der Waals surface area contributed by atoms with Gasteiger partial charge in [-0.2, -0.15) is 0 Å². The maximum absolute atomic E-state index is 11.9. The number of benzene rings is 1. The Hall–Kier alpha value is -2.30. The molecule has 1 aliphatic heterocycles. The monoisotopic (exact) mass is 274 g/mol. The summed E-state index contributed by atoms with van der Waals surface area (Å²) in [5.74, 6) is -1.29. The summed E-state index contributed by atoms with van der Waals surface area (Å²) in [5, 5.41) is 11.7. The Labute approximate surface area is 117 Å². The number of rotatable bonds is 4. The van der Waals surface area contributed by atoms with E-state index < -0.39 is 11.9 Å². The molecule has 1 atom stereocenters. The molecule has 5 nitrogen and oxygen atoms in total. The van der Waals surface area contributed by atoms with Crippen LogP contribution in [0.3, 0.4) is 0 Å². The highest BCUT2D eigenvalue weighted by Crippen LogP contribution is 2.16. The van der Waals surface area contributed by atoms with Crippen molar-refractivity contribution >= 4 is 17.6 Å². The van der Waals surface area contributed by atoms with Gasteiger partial charge in [-0.05, 0) is 17.6 Å². The molecule has 1 aromatic rings. The van der Waals surface area contributed by atoms with E-state index in [0.717, 1.165) is 11.1 Å². The third kappa shape index (κ3) is 3.38. The van der Waals surface area contributed by atoms with Gasteiger partial charge in [0.05, 0.1) is 5.92 Å². The van der Waals surface area contributed by atoms with Crippen LogP contribution < -0.4 is 5.32 Å². The van der Waals surface area contributed by atoms with Crippen molar-refractivity contribution in [3.05, 3.63) is 42.5 Å². The van der Waals surface area contributed by atoms with Crippen molar-refractivity contribution in [2.24, 2.45) is 5.92 Å². The van der Waals surface area contributed by atoms with Gasteiger partial charge in [0.2, 0.25) is 0 Å². The molecule has 106 valence electrons. The van der Waals surface area contributed by atoms with Gasteiger partial charge in [-0.25, -0.2) is 4.79 Å². The molecule has 5 heteroatoms. The molecule has 2 rings (SSSR count). The molecule has 0 aliphatic carbocycles. The first kappa shape index (κ1) is 14.1. The molecule has 2 amide bonds. The number of hydrogen-bond donors (Lipinski definition) is 2. The van der Waals surface area contributed by atoms with Crippen molar-refractivity contribution in [1.82, 2.24) is 10.2 Å². The first-order chi connectivity index (χ1) is 9.58. The number of carbonyl (C=O) groups is 2. The molecule has 0 aromatic heterocycles. The summed E-state index contributed by atoms with van der Waals surface area (Å²) in [7, 11) is 0. The van der Waals surface area contributed by atoms with Crippen LogP contribution in [0.5, 0.6) is 0 Å². The van der Waals surface area contributed by atoms with Gasteiger partial charge >= 0.3 is 12.0 Å². The van der Waals surface area contributed by atoms with E-state index in [4.69, 9.17) is 5.11 Å². The zero-order valence-electron chi connectivity index (χ0n) is 11.2. The van der Waals surface area contributed by atoms with Gasteiger partial charge < -0.3 is 15.3 Å².